The van der Waals surface area contributed by atoms with Crippen LogP contribution in [0, 0.1) is 0 Å². The molecular weight excluding hydrogens is 362 g/mol. The first kappa shape index (κ1) is 18.9. The third kappa shape index (κ3) is 3.42. The number of aromatic nitrogens is 1. The van der Waals surface area contributed by atoms with Gasteiger partial charge in [-0.2, -0.15) is 0 Å². The molecule has 0 aliphatic heterocycles. The van der Waals surface area contributed by atoms with Crippen LogP contribution in [0.15, 0.2) is 66.9 Å². The maximum atomic E-state index is 13.5. The van der Waals surface area contributed by atoms with Gasteiger partial charge >= 0.3 is 5.97 Å². The van der Waals surface area contributed by atoms with Crippen molar-refractivity contribution in [2.45, 2.75) is 32.7 Å². The molecule has 3 aromatic carbocycles. The first-order chi connectivity index (χ1) is 14.1. The lowest BCUT2D eigenvalue weighted by Crippen LogP contribution is -2.05. The van der Waals surface area contributed by atoms with E-state index in [0.717, 1.165) is 36.7 Å². The maximum absolute atomic E-state index is 13.5. The zero-order chi connectivity index (χ0) is 20.4. The van der Waals surface area contributed by atoms with Gasteiger partial charge in [-0.05, 0) is 35.4 Å². The van der Waals surface area contributed by atoms with Crippen LogP contribution >= 0.6 is 0 Å². The van der Waals surface area contributed by atoms with Crippen molar-refractivity contribution in [1.82, 2.24) is 4.57 Å². The molecule has 0 fully saturated rings. The second-order valence-electron chi connectivity index (χ2n) is 7.30. The van der Waals surface area contributed by atoms with Gasteiger partial charge in [0.1, 0.15) is 0 Å². The Kier molecular flexibility index (Phi) is 5.17. The highest BCUT2D eigenvalue weighted by atomic mass is 16.4. The standard InChI is InChI=1S/C25H23NO3/c1-2-3-8-15-26-16-22(19-11-6-7-12-23(19)26)24(27)20-13-14-21(25(28)29)18-10-5-4-9-17(18)20/h4-7,9-14,16H,2-3,8,15H2,1H3,(H,28,29). The van der Waals surface area contributed by atoms with Gasteiger partial charge in [0.25, 0.3) is 0 Å². The fraction of sp³-hybridized carbons (Fsp3) is 0.200. The largest absolute Gasteiger partial charge is 0.478 e. The summed E-state index contributed by atoms with van der Waals surface area (Å²) < 4.78 is 2.16. The predicted octanol–water partition coefficient (Wildman–Crippen LogP) is 5.91. The summed E-state index contributed by atoms with van der Waals surface area (Å²) >= 11 is 0. The number of carbonyl (C=O) groups is 2. The molecule has 29 heavy (non-hydrogen) atoms. The Morgan fingerprint density at radius 3 is 2.10 bits per heavy atom. The van der Waals surface area contributed by atoms with Crippen LogP contribution in [0.1, 0.15) is 52.5 Å². The summed E-state index contributed by atoms with van der Waals surface area (Å²) in [6.45, 7) is 3.05. The lowest BCUT2D eigenvalue weighted by molar-refractivity contribution is 0.0698. The number of carboxylic acid groups (broad SMARTS) is 1. The zero-order valence-electron chi connectivity index (χ0n) is 16.4. The molecule has 0 radical (unpaired) electrons. The summed E-state index contributed by atoms with van der Waals surface area (Å²) in [6, 6.07) is 18.3. The van der Waals surface area contributed by atoms with Crippen LogP contribution in [0.3, 0.4) is 0 Å². The number of aryl methyl sites for hydroxylation is 1. The molecule has 0 unspecified atom stereocenters. The molecule has 4 rings (SSSR count). The Morgan fingerprint density at radius 2 is 1.41 bits per heavy atom. The quantitative estimate of drug-likeness (QED) is 0.318. The molecule has 0 bridgehead atoms. The van der Waals surface area contributed by atoms with Crippen molar-refractivity contribution < 1.29 is 14.7 Å². The van der Waals surface area contributed by atoms with Gasteiger partial charge in [0, 0.05) is 34.8 Å². The third-order valence-corrected chi connectivity index (χ3v) is 5.43. The highest BCUT2D eigenvalue weighted by Crippen LogP contribution is 2.29. The molecule has 0 saturated carbocycles. The lowest BCUT2D eigenvalue weighted by atomic mass is 9.94. The second-order valence-corrected chi connectivity index (χ2v) is 7.30. The van der Waals surface area contributed by atoms with E-state index in [1.54, 1.807) is 18.2 Å². The predicted molar refractivity (Wildman–Crippen MR) is 116 cm³/mol. The summed E-state index contributed by atoms with van der Waals surface area (Å²) in [5, 5.41) is 11.7. The van der Waals surface area contributed by atoms with Crippen molar-refractivity contribution in [2.24, 2.45) is 0 Å². The van der Waals surface area contributed by atoms with Gasteiger partial charge in [0.05, 0.1) is 5.56 Å². The van der Waals surface area contributed by atoms with E-state index in [4.69, 9.17) is 0 Å². The number of para-hydroxylation sites is 1. The Morgan fingerprint density at radius 1 is 0.793 bits per heavy atom. The van der Waals surface area contributed by atoms with E-state index in [-0.39, 0.29) is 11.3 Å². The number of fused-ring (bicyclic) bond motifs is 2. The fourth-order valence-corrected chi connectivity index (χ4v) is 3.97. The summed E-state index contributed by atoms with van der Waals surface area (Å²) in [6.07, 6.45) is 5.31. The molecule has 0 amide bonds. The van der Waals surface area contributed by atoms with Crippen molar-refractivity contribution in [3.63, 3.8) is 0 Å². The van der Waals surface area contributed by atoms with Crippen LogP contribution in [-0.4, -0.2) is 21.4 Å². The van der Waals surface area contributed by atoms with E-state index in [2.05, 4.69) is 11.5 Å². The van der Waals surface area contributed by atoms with Gasteiger partial charge in [-0.3, -0.25) is 4.79 Å². The number of unbranched alkanes of at least 4 members (excludes halogenated alkanes) is 2. The number of aromatic carboxylic acids is 1. The van der Waals surface area contributed by atoms with Crippen molar-refractivity contribution in [3.8, 4) is 0 Å². The van der Waals surface area contributed by atoms with Gasteiger partial charge in [-0.15, -0.1) is 0 Å². The van der Waals surface area contributed by atoms with Crippen molar-refractivity contribution in [2.75, 3.05) is 0 Å². The Bertz CT molecular complexity index is 1220. The number of ketones is 1. The molecular formula is C25H23NO3. The molecule has 0 aliphatic rings. The van der Waals surface area contributed by atoms with E-state index < -0.39 is 5.97 Å². The number of nitrogens with zero attached hydrogens (tertiary/aromatic N) is 1. The number of carboxylic acids is 1. The van der Waals surface area contributed by atoms with Crippen molar-refractivity contribution in [3.05, 3.63) is 83.6 Å². The maximum Gasteiger partial charge on any atom is 0.336 e. The zero-order valence-corrected chi connectivity index (χ0v) is 16.4. The number of rotatable bonds is 7. The van der Waals surface area contributed by atoms with E-state index in [1.165, 1.54) is 6.07 Å². The molecule has 146 valence electrons. The highest BCUT2D eigenvalue weighted by Gasteiger charge is 2.20. The fourth-order valence-electron chi connectivity index (χ4n) is 3.97. The summed E-state index contributed by atoms with van der Waals surface area (Å²) in [5.74, 6) is -1.07. The van der Waals surface area contributed by atoms with Crippen molar-refractivity contribution in [1.29, 1.82) is 0 Å². The number of benzene rings is 3. The van der Waals surface area contributed by atoms with Crippen LogP contribution in [0.2, 0.25) is 0 Å². The third-order valence-electron chi connectivity index (χ3n) is 5.43. The SMILES string of the molecule is CCCCCn1cc(C(=O)c2ccc(C(=O)O)c3ccccc23)c2ccccc21. The monoisotopic (exact) mass is 385 g/mol. The smallest absolute Gasteiger partial charge is 0.336 e. The minimum atomic E-state index is -0.993. The van der Waals surface area contributed by atoms with Crippen LogP contribution in [0.25, 0.3) is 21.7 Å². The Balaban J connectivity index is 1.85. The Hall–Kier alpha value is -3.40. The van der Waals surface area contributed by atoms with E-state index in [9.17, 15) is 14.7 Å². The van der Waals surface area contributed by atoms with Crippen molar-refractivity contribution >= 4 is 33.4 Å². The van der Waals surface area contributed by atoms with Gasteiger partial charge in [0.15, 0.2) is 5.78 Å². The topological polar surface area (TPSA) is 59.3 Å². The minimum Gasteiger partial charge on any atom is -0.478 e. The van der Waals surface area contributed by atoms with E-state index >= 15 is 0 Å². The van der Waals surface area contributed by atoms with Gasteiger partial charge in [-0.25, -0.2) is 4.79 Å². The van der Waals surface area contributed by atoms with Crippen LogP contribution in [-0.2, 0) is 6.54 Å². The van der Waals surface area contributed by atoms with Gasteiger partial charge < -0.3 is 9.67 Å². The van der Waals surface area contributed by atoms with Crippen LogP contribution < -0.4 is 0 Å². The molecule has 4 nitrogen and oxygen atoms in total. The minimum absolute atomic E-state index is 0.0800. The summed E-state index contributed by atoms with van der Waals surface area (Å²) in [7, 11) is 0. The molecule has 1 heterocycles. The summed E-state index contributed by atoms with van der Waals surface area (Å²) in [5.41, 5.74) is 2.45. The number of hydrogen-bond donors (Lipinski definition) is 1. The highest BCUT2D eigenvalue weighted by molar-refractivity contribution is 6.22. The number of hydrogen-bond acceptors (Lipinski definition) is 2. The second kappa shape index (κ2) is 7.92. The molecule has 4 aromatic rings. The average Bonchev–Trinajstić information content (AvgIpc) is 3.11. The van der Waals surface area contributed by atoms with Gasteiger partial charge in [-0.1, -0.05) is 62.2 Å². The lowest BCUT2D eigenvalue weighted by Gasteiger charge is -2.08. The molecule has 0 saturated heterocycles. The number of carbonyl (C=O) groups excluding carboxylic acids is 1. The molecule has 0 aliphatic carbocycles. The molecule has 0 atom stereocenters. The van der Waals surface area contributed by atoms with E-state index in [0.29, 0.717) is 21.9 Å². The molecule has 4 heteroatoms. The molecule has 0 spiro atoms. The van der Waals surface area contributed by atoms with Gasteiger partial charge in [0.2, 0.25) is 0 Å². The van der Waals surface area contributed by atoms with Crippen LogP contribution in [0.5, 0.6) is 0 Å². The summed E-state index contributed by atoms with van der Waals surface area (Å²) in [4.78, 5) is 25.1. The molecule has 1 aromatic heterocycles. The Labute approximate surface area is 169 Å². The van der Waals surface area contributed by atoms with E-state index in [1.807, 2.05) is 42.6 Å². The normalized spacial score (nSPS) is 11.2. The van der Waals surface area contributed by atoms with Crippen LogP contribution in [0.4, 0.5) is 0 Å². The average molecular weight is 385 g/mol. The first-order valence-electron chi connectivity index (χ1n) is 9.99. The molecule has 1 N–H and O–H groups in total. The first-order valence-corrected chi connectivity index (χ1v) is 9.99.